The third-order valence-corrected chi connectivity index (χ3v) is 3.21. The van der Waals surface area contributed by atoms with Gasteiger partial charge in [0.2, 0.25) is 0 Å². The fourth-order valence-electron chi connectivity index (χ4n) is 2.00. The zero-order valence-corrected chi connectivity index (χ0v) is 11.3. The number of benzene rings is 1. The first-order valence-corrected chi connectivity index (χ1v) is 6.71. The van der Waals surface area contributed by atoms with Gasteiger partial charge in [-0.1, -0.05) is 23.7 Å². The molecule has 0 N–H and O–H groups in total. The van der Waals surface area contributed by atoms with Crippen LogP contribution in [0.5, 0.6) is 0 Å². The number of ether oxygens (including phenoxy) is 1. The normalized spacial score (nSPS) is 14.8. The maximum Gasteiger partial charge on any atom is 0.320 e. The van der Waals surface area contributed by atoms with Crippen LogP contribution in [0.1, 0.15) is 25.3 Å². The average Bonchev–Trinajstić information content (AvgIpc) is 3.12. The molecule has 1 fully saturated rings. The minimum Gasteiger partial charge on any atom is -0.465 e. The second-order valence-corrected chi connectivity index (χ2v) is 5.01. The third kappa shape index (κ3) is 4.00. The predicted octanol–water partition coefficient (Wildman–Crippen LogP) is 2.87. The molecule has 0 spiro atoms. The fourth-order valence-corrected chi connectivity index (χ4v) is 2.21. The van der Waals surface area contributed by atoms with Crippen LogP contribution in [0.4, 0.5) is 0 Å². The molecule has 0 aliphatic heterocycles. The van der Waals surface area contributed by atoms with Crippen LogP contribution < -0.4 is 0 Å². The summed E-state index contributed by atoms with van der Waals surface area (Å²) in [6, 6.07) is 8.30. The number of nitrogens with zero attached hydrogens (tertiary/aromatic N) is 1. The number of hydrogen-bond acceptors (Lipinski definition) is 3. The highest BCUT2D eigenvalue weighted by molar-refractivity contribution is 6.30. The smallest absolute Gasteiger partial charge is 0.320 e. The van der Waals surface area contributed by atoms with Crippen molar-refractivity contribution in [2.75, 3.05) is 13.2 Å². The highest BCUT2D eigenvalue weighted by Crippen LogP contribution is 2.28. The van der Waals surface area contributed by atoms with Gasteiger partial charge in [0.15, 0.2) is 0 Å². The van der Waals surface area contributed by atoms with Gasteiger partial charge in [-0.05, 0) is 37.5 Å². The molecule has 18 heavy (non-hydrogen) atoms. The topological polar surface area (TPSA) is 29.5 Å². The van der Waals surface area contributed by atoms with Gasteiger partial charge in [-0.15, -0.1) is 0 Å². The van der Waals surface area contributed by atoms with E-state index >= 15 is 0 Å². The summed E-state index contributed by atoms with van der Waals surface area (Å²) in [7, 11) is 0. The summed E-state index contributed by atoms with van der Waals surface area (Å²) in [5.41, 5.74) is 1.14. The standard InChI is InChI=1S/C14H18ClNO2/c1-2-18-14(17)10-16(13-6-7-13)9-11-4-3-5-12(15)8-11/h3-5,8,13H,2,6-7,9-10H2,1H3. The van der Waals surface area contributed by atoms with Gasteiger partial charge in [0, 0.05) is 17.6 Å². The quantitative estimate of drug-likeness (QED) is 0.743. The van der Waals surface area contributed by atoms with Crippen molar-refractivity contribution in [1.29, 1.82) is 0 Å². The Bertz CT molecular complexity index is 418. The maximum atomic E-state index is 11.6. The van der Waals surface area contributed by atoms with Gasteiger partial charge < -0.3 is 4.74 Å². The van der Waals surface area contributed by atoms with Crippen molar-refractivity contribution in [3.63, 3.8) is 0 Å². The molecule has 1 aliphatic rings. The van der Waals surface area contributed by atoms with E-state index in [1.165, 1.54) is 12.8 Å². The molecule has 1 aliphatic carbocycles. The molecule has 1 aromatic rings. The molecule has 4 heteroatoms. The van der Waals surface area contributed by atoms with E-state index in [-0.39, 0.29) is 5.97 Å². The third-order valence-electron chi connectivity index (χ3n) is 2.98. The highest BCUT2D eigenvalue weighted by atomic mass is 35.5. The van der Waals surface area contributed by atoms with Crippen molar-refractivity contribution >= 4 is 17.6 Å². The van der Waals surface area contributed by atoms with Crippen LogP contribution >= 0.6 is 11.6 Å². The van der Waals surface area contributed by atoms with E-state index < -0.39 is 0 Å². The SMILES string of the molecule is CCOC(=O)CN(Cc1cccc(Cl)c1)C1CC1. The molecule has 0 bridgehead atoms. The monoisotopic (exact) mass is 267 g/mol. The summed E-state index contributed by atoms with van der Waals surface area (Å²) in [5, 5.41) is 0.736. The number of carbonyl (C=O) groups is 1. The van der Waals surface area contributed by atoms with E-state index in [2.05, 4.69) is 4.90 Å². The van der Waals surface area contributed by atoms with Gasteiger partial charge >= 0.3 is 5.97 Å². The van der Waals surface area contributed by atoms with Crippen molar-refractivity contribution in [2.45, 2.75) is 32.4 Å². The lowest BCUT2D eigenvalue weighted by Gasteiger charge is -2.20. The Balaban J connectivity index is 1.96. The summed E-state index contributed by atoms with van der Waals surface area (Å²) >= 11 is 5.97. The summed E-state index contributed by atoms with van der Waals surface area (Å²) in [5.74, 6) is -0.147. The van der Waals surface area contributed by atoms with Crippen LogP contribution in [0.15, 0.2) is 24.3 Å². The van der Waals surface area contributed by atoms with Crippen LogP contribution in [-0.4, -0.2) is 30.1 Å². The number of carbonyl (C=O) groups excluding carboxylic acids is 1. The lowest BCUT2D eigenvalue weighted by atomic mass is 10.2. The number of rotatable bonds is 6. The Morgan fingerprint density at radius 1 is 1.50 bits per heavy atom. The van der Waals surface area contributed by atoms with E-state index in [1.807, 2.05) is 31.2 Å². The molecule has 0 radical (unpaired) electrons. The summed E-state index contributed by atoms with van der Waals surface area (Å²) in [4.78, 5) is 13.7. The van der Waals surface area contributed by atoms with Crippen LogP contribution in [0.25, 0.3) is 0 Å². The highest BCUT2D eigenvalue weighted by Gasteiger charge is 2.30. The largest absolute Gasteiger partial charge is 0.465 e. The van der Waals surface area contributed by atoms with Gasteiger partial charge in [-0.25, -0.2) is 0 Å². The van der Waals surface area contributed by atoms with Crippen molar-refractivity contribution < 1.29 is 9.53 Å². The molecular formula is C14H18ClNO2. The fraction of sp³-hybridized carbons (Fsp3) is 0.500. The first-order valence-electron chi connectivity index (χ1n) is 6.33. The lowest BCUT2D eigenvalue weighted by Crippen LogP contribution is -2.32. The van der Waals surface area contributed by atoms with E-state index in [0.717, 1.165) is 17.1 Å². The van der Waals surface area contributed by atoms with Gasteiger partial charge in [-0.3, -0.25) is 9.69 Å². The molecule has 98 valence electrons. The Labute approximate surface area is 113 Å². The summed E-state index contributed by atoms with van der Waals surface area (Å²) in [6.07, 6.45) is 2.33. The lowest BCUT2D eigenvalue weighted by molar-refractivity contribution is -0.144. The molecule has 0 unspecified atom stereocenters. The van der Waals surface area contributed by atoms with Crippen molar-refractivity contribution in [3.05, 3.63) is 34.9 Å². The molecular weight excluding hydrogens is 250 g/mol. The number of halogens is 1. The molecule has 0 atom stereocenters. The Kier molecular flexibility index (Phi) is 4.61. The summed E-state index contributed by atoms with van der Waals surface area (Å²) < 4.78 is 5.01. The van der Waals surface area contributed by atoms with Gasteiger partial charge in [0.1, 0.15) is 0 Å². The van der Waals surface area contributed by atoms with E-state index in [4.69, 9.17) is 16.3 Å². The van der Waals surface area contributed by atoms with E-state index in [1.54, 1.807) is 0 Å². The molecule has 2 rings (SSSR count). The Hall–Kier alpha value is -1.06. The second-order valence-electron chi connectivity index (χ2n) is 4.57. The zero-order valence-electron chi connectivity index (χ0n) is 10.6. The molecule has 0 heterocycles. The van der Waals surface area contributed by atoms with Crippen molar-refractivity contribution in [1.82, 2.24) is 4.90 Å². The number of hydrogen-bond donors (Lipinski definition) is 0. The van der Waals surface area contributed by atoms with Crippen LogP contribution in [-0.2, 0) is 16.1 Å². The first-order chi connectivity index (χ1) is 8.69. The zero-order chi connectivity index (χ0) is 13.0. The van der Waals surface area contributed by atoms with Crippen molar-refractivity contribution in [3.8, 4) is 0 Å². The minimum atomic E-state index is -0.147. The molecule has 1 saturated carbocycles. The van der Waals surface area contributed by atoms with E-state index in [9.17, 15) is 4.79 Å². The van der Waals surface area contributed by atoms with Gasteiger partial charge in [0.25, 0.3) is 0 Å². The second kappa shape index (κ2) is 6.21. The Morgan fingerprint density at radius 3 is 2.89 bits per heavy atom. The summed E-state index contributed by atoms with van der Waals surface area (Å²) in [6.45, 7) is 3.39. The van der Waals surface area contributed by atoms with Gasteiger partial charge in [0.05, 0.1) is 13.2 Å². The van der Waals surface area contributed by atoms with Crippen molar-refractivity contribution in [2.24, 2.45) is 0 Å². The molecule has 1 aromatic carbocycles. The average molecular weight is 268 g/mol. The van der Waals surface area contributed by atoms with Gasteiger partial charge in [-0.2, -0.15) is 0 Å². The molecule has 0 aromatic heterocycles. The first kappa shape index (κ1) is 13.4. The molecule has 0 amide bonds. The van der Waals surface area contributed by atoms with E-state index in [0.29, 0.717) is 19.2 Å². The van der Waals surface area contributed by atoms with Crippen LogP contribution in [0.2, 0.25) is 5.02 Å². The van der Waals surface area contributed by atoms with Crippen LogP contribution in [0, 0.1) is 0 Å². The minimum absolute atomic E-state index is 0.147. The molecule has 0 saturated heterocycles. The van der Waals surface area contributed by atoms with Crippen LogP contribution in [0.3, 0.4) is 0 Å². The predicted molar refractivity (Wildman–Crippen MR) is 71.5 cm³/mol. The number of esters is 1. The Morgan fingerprint density at radius 2 is 2.28 bits per heavy atom. The molecule has 3 nitrogen and oxygen atoms in total. The maximum absolute atomic E-state index is 11.6.